The Hall–Kier alpha value is -0.410. The second-order valence-corrected chi connectivity index (χ2v) is 3.51. The van der Waals surface area contributed by atoms with Crippen molar-refractivity contribution in [1.29, 1.82) is 0 Å². The molecule has 1 aliphatic carbocycles. The minimum Gasteiger partial charge on any atom is -0.377 e. The molecule has 2 aliphatic rings. The van der Waals surface area contributed by atoms with Gasteiger partial charge in [-0.1, -0.05) is 12.2 Å². The summed E-state index contributed by atoms with van der Waals surface area (Å²) in [4.78, 5) is 1.33. The molecule has 0 aromatic heterocycles. The molecule has 1 heterocycles. The topological polar surface area (TPSA) is 38.0 Å². The second kappa shape index (κ2) is 2.32. The Bertz CT molecular complexity index is 208. The number of nitrogens with two attached hydrogens (primary N) is 1. The van der Waals surface area contributed by atoms with Crippen LogP contribution in [0.5, 0.6) is 0 Å². The largest absolute Gasteiger partial charge is 0.377 e. The van der Waals surface area contributed by atoms with Gasteiger partial charge in [-0.2, -0.15) is 0 Å². The quantitative estimate of drug-likeness (QED) is 0.541. The second-order valence-electron chi connectivity index (χ2n) is 2.49. The first kappa shape index (κ1) is 6.31. The maximum Gasteiger partial charge on any atom is 0.0655 e. The Morgan fingerprint density at radius 3 is 3.40 bits per heavy atom. The zero-order valence-corrected chi connectivity index (χ0v) is 6.45. The van der Waals surface area contributed by atoms with E-state index in [9.17, 15) is 0 Å². The van der Waals surface area contributed by atoms with Crippen LogP contribution in [0.3, 0.4) is 0 Å². The number of rotatable bonds is 0. The van der Waals surface area contributed by atoms with E-state index in [-0.39, 0.29) is 6.04 Å². The first-order valence-electron chi connectivity index (χ1n) is 3.41. The summed E-state index contributed by atoms with van der Waals surface area (Å²) in [5.74, 6) is 0.989. The van der Waals surface area contributed by atoms with Crippen LogP contribution in [0.2, 0.25) is 0 Å². The van der Waals surface area contributed by atoms with Crippen LogP contribution >= 0.6 is 11.8 Å². The van der Waals surface area contributed by atoms with E-state index in [1.807, 2.05) is 11.8 Å². The van der Waals surface area contributed by atoms with Crippen LogP contribution in [0.1, 0.15) is 6.42 Å². The zero-order valence-electron chi connectivity index (χ0n) is 5.63. The van der Waals surface area contributed by atoms with Crippen LogP contribution in [-0.4, -0.2) is 11.9 Å². The van der Waals surface area contributed by atoms with Crippen LogP contribution in [0.4, 0.5) is 0 Å². The highest BCUT2D eigenvalue weighted by atomic mass is 32.2. The Kier molecular flexibility index (Phi) is 1.47. The standard InChI is InChI=1S/C7H10N2S/c8-5-2-1-3-6-7(5)9-4-10-6/h1,3,5,9H,2,4,8H2. The van der Waals surface area contributed by atoms with Crippen molar-refractivity contribution in [2.45, 2.75) is 12.5 Å². The van der Waals surface area contributed by atoms with Crippen LogP contribution in [0, 0.1) is 0 Å². The zero-order chi connectivity index (χ0) is 6.97. The van der Waals surface area contributed by atoms with Gasteiger partial charge in [-0.25, -0.2) is 0 Å². The SMILES string of the molecule is NC1CC=CC2=C1NCS2. The van der Waals surface area contributed by atoms with Gasteiger partial charge in [0.15, 0.2) is 0 Å². The summed E-state index contributed by atoms with van der Waals surface area (Å²) in [6.07, 6.45) is 5.28. The van der Waals surface area contributed by atoms with Crippen molar-refractivity contribution in [1.82, 2.24) is 5.32 Å². The molecule has 0 saturated heterocycles. The van der Waals surface area contributed by atoms with Gasteiger partial charge in [-0.3, -0.25) is 0 Å². The smallest absolute Gasteiger partial charge is 0.0655 e. The van der Waals surface area contributed by atoms with Crippen molar-refractivity contribution >= 4 is 11.8 Å². The van der Waals surface area contributed by atoms with E-state index in [2.05, 4.69) is 17.5 Å². The minimum absolute atomic E-state index is 0.218. The third-order valence-corrected chi connectivity index (χ3v) is 2.74. The molecule has 0 bridgehead atoms. The number of allylic oxidation sites excluding steroid dienone is 1. The molecule has 0 aromatic carbocycles. The fourth-order valence-corrected chi connectivity index (χ4v) is 2.20. The van der Waals surface area contributed by atoms with Crippen molar-refractivity contribution in [3.05, 3.63) is 22.8 Å². The monoisotopic (exact) mass is 154 g/mol. The predicted octanol–water partition coefficient (Wildman–Crippen LogP) is 0.779. The van der Waals surface area contributed by atoms with E-state index in [0.717, 1.165) is 12.3 Å². The predicted molar refractivity (Wildman–Crippen MR) is 44.4 cm³/mol. The van der Waals surface area contributed by atoms with Crippen molar-refractivity contribution in [2.75, 3.05) is 5.88 Å². The summed E-state index contributed by atoms with van der Waals surface area (Å²) in [7, 11) is 0. The molecule has 1 unspecified atom stereocenters. The molecule has 1 aliphatic heterocycles. The normalized spacial score (nSPS) is 30.3. The molecule has 2 rings (SSSR count). The summed E-state index contributed by atoms with van der Waals surface area (Å²) < 4.78 is 0. The summed E-state index contributed by atoms with van der Waals surface area (Å²) in [5, 5.41) is 3.27. The number of hydrogen-bond donors (Lipinski definition) is 2. The summed E-state index contributed by atoms with van der Waals surface area (Å²) in [6, 6.07) is 0.218. The van der Waals surface area contributed by atoms with Crippen LogP contribution in [0.25, 0.3) is 0 Å². The minimum atomic E-state index is 0.218. The Labute approximate surface area is 64.6 Å². The molecule has 0 saturated carbocycles. The van der Waals surface area contributed by atoms with Gasteiger partial charge in [0, 0.05) is 16.6 Å². The lowest BCUT2D eigenvalue weighted by Gasteiger charge is -2.15. The third kappa shape index (κ3) is 0.859. The molecule has 10 heavy (non-hydrogen) atoms. The molecule has 2 nitrogen and oxygen atoms in total. The van der Waals surface area contributed by atoms with E-state index in [0.29, 0.717) is 0 Å². The van der Waals surface area contributed by atoms with Crippen molar-refractivity contribution in [3.8, 4) is 0 Å². The Balaban J connectivity index is 2.30. The third-order valence-electron chi connectivity index (χ3n) is 1.79. The van der Waals surface area contributed by atoms with Gasteiger partial charge >= 0.3 is 0 Å². The highest BCUT2D eigenvalue weighted by Crippen LogP contribution is 2.30. The first-order chi connectivity index (χ1) is 4.88. The number of nitrogens with one attached hydrogen (secondary N) is 1. The van der Waals surface area contributed by atoms with E-state index in [4.69, 9.17) is 5.73 Å². The highest BCUT2D eigenvalue weighted by molar-refractivity contribution is 8.03. The molecule has 0 amide bonds. The summed E-state index contributed by atoms with van der Waals surface area (Å²) >= 11 is 1.83. The Morgan fingerprint density at radius 1 is 1.70 bits per heavy atom. The molecule has 54 valence electrons. The molecule has 0 radical (unpaired) electrons. The van der Waals surface area contributed by atoms with Crippen molar-refractivity contribution in [3.63, 3.8) is 0 Å². The molecule has 3 heteroatoms. The van der Waals surface area contributed by atoms with Gasteiger partial charge in [0.25, 0.3) is 0 Å². The number of thioether (sulfide) groups is 1. The molecule has 0 aromatic rings. The van der Waals surface area contributed by atoms with Crippen LogP contribution in [0.15, 0.2) is 22.8 Å². The van der Waals surface area contributed by atoms with Crippen molar-refractivity contribution < 1.29 is 0 Å². The van der Waals surface area contributed by atoms with Gasteiger partial charge in [0.2, 0.25) is 0 Å². The van der Waals surface area contributed by atoms with Gasteiger partial charge in [0.05, 0.1) is 5.88 Å². The molecule has 3 N–H and O–H groups in total. The molecule has 0 spiro atoms. The summed E-state index contributed by atoms with van der Waals surface area (Å²) in [5.41, 5.74) is 7.08. The maximum absolute atomic E-state index is 5.83. The van der Waals surface area contributed by atoms with Gasteiger partial charge < -0.3 is 11.1 Å². The van der Waals surface area contributed by atoms with Gasteiger partial charge in [-0.05, 0) is 6.42 Å². The molecular formula is C7H10N2S. The lowest BCUT2D eigenvalue weighted by molar-refractivity contribution is 0.711. The van der Waals surface area contributed by atoms with Crippen molar-refractivity contribution in [2.24, 2.45) is 5.73 Å². The fraction of sp³-hybridized carbons (Fsp3) is 0.429. The summed E-state index contributed by atoms with van der Waals surface area (Å²) in [6.45, 7) is 0. The van der Waals surface area contributed by atoms with E-state index >= 15 is 0 Å². The fourth-order valence-electron chi connectivity index (χ4n) is 1.25. The number of hydrogen-bond acceptors (Lipinski definition) is 3. The van der Waals surface area contributed by atoms with Gasteiger partial charge in [0.1, 0.15) is 0 Å². The molecule has 1 atom stereocenters. The Morgan fingerprint density at radius 2 is 2.60 bits per heavy atom. The maximum atomic E-state index is 5.83. The highest BCUT2D eigenvalue weighted by Gasteiger charge is 2.20. The lowest BCUT2D eigenvalue weighted by Crippen LogP contribution is -2.30. The first-order valence-corrected chi connectivity index (χ1v) is 4.39. The van der Waals surface area contributed by atoms with Crippen LogP contribution < -0.4 is 11.1 Å². The van der Waals surface area contributed by atoms with Gasteiger partial charge in [-0.15, -0.1) is 11.8 Å². The average Bonchev–Trinajstić information content (AvgIpc) is 2.36. The van der Waals surface area contributed by atoms with E-state index < -0.39 is 0 Å². The molecule has 0 fully saturated rings. The average molecular weight is 154 g/mol. The lowest BCUT2D eigenvalue weighted by atomic mass is 10.1. The molecular weight excluding hydrogens is 144 g/mol. The van der Waals surface area contributed by atoms with E-state index in [1.54, 1.807) is 0 Å². The van der Waals surface area contributed by atoms with E-state index in [1.165, 1.54) is 10.6 Å². The van der Waals surface area contributed by atoms with Crippen LogP contribution in [-0.2, 0) is 0 Å².